The van der Waals surface area contributed by atoms with Crippen molar-refractivity contribution < 1.29 is 14.8 Å². The van der Waals surface area contributed by atoms with E-state index in [1.54, 1.807) is 12.1 Å². The largest absolute Gasteiger partial charge is 0.489 e. The number of hydrogen-bond acceptors (Lipinski definition) is 5. The highest BCUT2D eigenvalue weighted by molar-refractivity contribution is 6.58. The molecule has 2 aromatic rings. The van der Waals surface area contributed by atoms with Crippen LogP contribution in [0.4, 0.5) is 0 Å². The van der Waals surface area contributed by atoms with Crippen molar-refractivity contribution in [3.8, 4) is 6.01 Å². The van der Waals surface area contributed by atoms with Crippen molar-refractivity contribution in [2.75, 3.05) is 7.11 Å². The molecule has 0 spiro atoms. The molecule has 0 unspecified atom stereocenters. The molecule has 0 radical (unpaired) electrons. The normalized spacial score (nSPS) is 10.5. The molecular formula is C7H8BN3O3. The topological polar surface area (TPSA) is 79.9 Å². The van der Waals surface area contributed by atoms with Gasteiger partial charge in [-0.15, -0.1) is 5.10 Å². The molecule has 2 N–H and O–H groups in total. The van der Waals surface area contributed by atoms with E-state index in [9.17, 15) is 0 Å². The summed E-state index contributed by atoms with van der Waals surface area (Å²) in [6.07, 6.45) is 1.51. The van der Waals surface area contributed by atoms with Crippen LogP contribution in [0.1, 0.15) is 0 Å². The van der Waals surface area contributed by atoms with Crippen molar-refractivity contribution in [1.29, 1.82) is 0 Å². The molecule has 2 heterocycles. The molecule has 0 bridgehead atoms. The molecule has 0 aliphatic rings. The van der Waals surface area contributed by atoms with E-state index in [4.69, 9.17) is 14.8 Å². The van der Waals surface area contributed by atoms with Crippen LogP contribution >= 0.6 is 0 Å². The van der Waals surface area contributed by atoms with Crippen LogP contribution in [0.25, 0.3) is 5.65 Å². The van der Waals surface area contributed by atoms with Crippen LogP contribution in [0.2, 0.25) is 0 Å². The standard InChI is InChI=1S/C7H8BN3O3/c1-14-7-10-9-6-3-2-5(8(12)13)4-11(6)7/h2-4,12-13H,1H3. The SMILES string of the molecule is COc1nnc2ccc(B(O)O)cn12. The maximum absolute atomic E-state index is 8.94. The maximum atomic E-state index is 8.94. The molecule has 0 atom stereocenters. The predicted octanol–water partition coefficient (Wildman–Crippen LogP) is -1.58. The number of hydrogen-bond donors (Lipinski definition) is 2. The van der Waals surface area contributed by atoms with Gasteiger partial charge >= 0.3 is 13.1 Å². The summed E-state index contributed by atoms with van der Waals surface area (Å²) in [6.45, 7) is 0. The van der Waals surface area contributed by atoms with Gasteiger partial charge in [0.2, 0.25) is 0 Å². The van der Waals surface area contributed by atoms with Gasteiger partial charge in [-0.2, -0.15) is 0 Å². The smallest absolute Gasteiger partial charge is 0.467 e. The number of aromatic nitrogens is 3. The van der Waals surface area contributed by atoms with Crippen molar-refractivity contribution in [2.24, 2.45) is 0 Å². The van der Waals surface area contributed by atoms with E-state index in [0.29, 0.717) is 17.1 Å². The summed E-state index contributed by atoms with van der Waals surface area (Å²) in [4.78, 5) is 0. The van der Waals surface area contributed by atoms with Gasteiger partial charge in [0.05, 0.1) is 7.11 Å². The second-order valence-electron chi connectivity index (χ2n) is 2.75. The molecule has 6 nitrogen and oxygen atoms in total. The fraction of sp³-hybridized carbons (Fsp3) is 0.143. The Kier molecular flexibility index (Phi) is 2.10. The molecule has 0 amide bonds. The molecule has 0 aliphatic heterocycles. The van der Waals surface area contributed by atoms with Gasteiger partial charge in [0.15, 0.2) is 5.65 Å². The maximum Gasteiger partial charge on any atom is 0.489 e. The molecule has 0 aliphatic carbocycles. The lowest BCUT2D eigenvalue weighted by molar-refractivity contribution is 0.375. The lowest BCUT2D eigenvalue weighted by atomic mass is 9.82. The lowest BCUT2D eigenvalue weighted by Crippen LogP contribution is -2.30. The van der Waals surface area contributed by atoms with Gasteiger partial charge in [0, 0.05) is 6.20 Å². The van der Waals surface area contributed by atoms with Crippen molar-refractivity contribution >= 4 is 18.2 Å². The Morgan fingerprint density at radius 2 is 2.14 bits per heavy atom. The highest BCUT2D eigenvalue weighted by Gasteiger charge is 2.13. The molecule has 0 saturated carbocycles. The summed E-state index contributed by atoms with van der Waals surface area (Å²) in [7, 11) is -0.0371. The van der Waals surface area contributed by atoms with Crippen molar-refractivity contribution in [3.05, 3.63) is 18.3 Å². The molecule has 0 fully saturated rings. The first-order valence-corrected chi connectivity index (χ1v) is 3.97. The summed E-state index contributed by atoms with van der Waals surface area (Å²) < 4.78 is 6.46. The molecule has 0 aromatic carbocycles. The zero-order valence-corrected chi connectivity index (χ0v) is 7.45. The molecule has 14 heavy (non-hydrogen) atoms. The zero-order chi connectivity index (χ0) is 10.1. The number of pyridine rings is 1. The van der Waals surface area contributed by atoms with E-state index in [2.05, 4.69) is 10.2 Å². The quantitative estimate of drug-likeness (QED) is 0.562. The number of fused-ring (bicyclic) bond motifs is 1. The minimum atomic E-state index is -1.51. The Hall–Kier alpha value is -1.60. The minimum Gasteiger partial charge on any atom is -0.467 e. The van der Waals surface area contributed by atoms with Crippen LogP contribution in [-0.4, -0.2) is 38.9 Å². The predicted molar refractivity (Wildman–Crippen MR) is 49.4 cm³/mol. The van der Waals surface area contributed by atoms with Crippen LogP contribution in [-0.2, 0) is 0 Å². The lowest BCUT2D eigenvalue weighted by Gasteiger charge is -2.01. The third kappa shape index (κ3) is 1.32. The van der Waals surface area contributed by atoms with Gasteiger partial charge in [0.1, 0.15) is 0 Å². The molecule has 2 aromatic heterocycles. The van der Waals surface area contributed by atoms with Crippen LogP contribution in [0.3, 0.4) is 0 Å². The van der Waals surface area contributed by atoms with Crippen molar-refractivity contribution in [2.45, 2.75) is 0 Å². The van der Waals surface area contributed by atoms with E-state index in [1.165, 1.54) is 17.7 Å². The fourth-order valence-electron chi connectivity index (χ4n) is 1.18. The highest BCUT2D eigenvalue weighted by atomic mass is 16.5. The Balaban J connectivity index is 2.61. The first kappa shape index (κ1) is 8.98. The van der Waals surface area contributed by atoms with E-state index < -0.39 is 7.12 Å². The monoisotopic (exact) mass is 193 g/mol. The molecule has 2 rings (SSSR count). The van der Waals surface area contributed by atoms with Gasteiger partial charge in [-0.3, -0.25) is 4.40 Å². The van der Waals surface area contributed by atoms with Crippen LogP contribution < -0.4 is 10.2 Å². The van der Waals surface area contributed by atoms with Crippen LogP contribution in [0.15, 0.2) is 18.3 Å². The zero-order valence-electron chi connectivity index (χ0n) is 7.45. The number of methoxy groups -OCH3 is 1. The fourth-order valence-corrected chi connectivity index (χ4v) is 1.18. The summed E-state index contributed by atoms with van der Waals surface area (Å²) >= 11 is 0. The molecule has 7 heteroatoms. The average Bonchev–Trinajstić information content (AvgIpc) is 2.59. The van der Waals surface area contributed by atoms with E-state index in [0.717, 1.165) is 0 Å². The Morgan fingerprint density at radius 1 is 1.36 bits per heavy atom. The molecule has 72 valence electrons. The Labute approximate surface area is 79.9 Å². The van der Waals surface area contributed by atoms with Gasteiger partial charge in [-0.1, -0.05) is 11.2 Å². The third-order valence-electron chi connectivity index (χ3n) is 1.87. The Bertz CT molecular complexity index is 456. The molecule has 0 saturated heterocycles. The summed E-state index contributed by atoms with van der Waals surface area (Å²) in [5.74, 6) is 0. The molecular weight excluding hydrogens is 185 g/mol. The van der Waals surface area contributed by atoms with Gasteiger partial charge in [-0.05, 0) is 11.5 Å². The first-order valence-electron chi connectivity index (χ1n) is 3.97. The third-order valence-corrected chi connectivity index (χ3v) is 1.87. The van der Waals surface area contributed by atoms with Crippen molar-refractivity contribution in [3.63, 3.8) is 0 Å². The number of ether oxygens (including phenoxy) is 1. The van der Waals surface area contributed by atoms with Crippen molar-refractivity contribution in [1.82, 2.24) is 14.6 Å². The van der Waals surface area contributed by atoms with E-state index in [1.807, 2.05) is 0 Å². The number of rotatable bonds is 2. The van der Waals surface area contributed by atoms with Gasteiger partial charge in [0.25, 0.3) is 0 Å². The average molecular weight is 193 g/mol. The van der Waals surface area contributed by atoms with E-state index in [-0.39, 0.29) is 0 Å². The summed E-state index contributed by atoms with van der Waals surface area (Å²) in [5.41, 5.74) is 0.946. The second-order valence-corrected chi connectivity index (χ2v) is 2.75. The van der Waals surface area contributed by atoms with Crippen LogP contribution in [0, 0.1) is 0 Å². The second kappa shape index (κ2) is 3.28. The first-order chi connectivity index (χ1) is 6.72. The highest BCUT2D eigenvalue weighted by Crippen LogP contribution is 2.07. The van der Waals surface area contributed by atoms with Gasteiger partial charge < -0.3 is 14.8 Å². The minimum absolute atomic E-state index is 0.308. The van der Waals surface area contributed by atoms with E-state index >= 15 is 0 Å². The Morgan fingerprint density at radius 3 is 2.79 bits per heavy atom. The number of nitrogens with zero attached hydrogens (tertiary/aromatic N) is 3. The summed E-state index contributed by atoms with van der Waals surface area (Å²) in [6, 6.07) is 3.50. The van der Waals surface area contributed by atoms with Gasteiger partial charge in [-0.25, -0.2) is 0 Å². The summed E-state index contributed by atoms with van der Waals surface area (Å²) in [5, 5.41) is 25.4. The van der Waals surface area contributed by atoms with Crippen LogP contribution in [0.5, 0.6) is 6.01 Å².